The minimum Gasteiger partial charge on any atom is -0.494 e. The van der Waals surface area contributed by atoms with Gasteiger partial charge >= 0.3 is 5.97 Å². The van der Waals surface area contributed by atoms with Gasteiger partial charge in [-0.3, -0.25) is 0 Å². The number of hydrogen-bond acceptors (Lipinski definition) is 3. The fraction of sp³-hybridized carbons (Fsp3) is 0.500. The number of carbonyl (C=O) groups is 1. The fourth-order valence-electron chi connectivity index (χ4n) is 2.09. The van der Waals surface area contributed by atoms with E-state index in [9.17, 15) is 4.79 Å². The first-order chi connectivity index (χ1) is 8.75. The van der Waals surface area contributed by atoms with E-state index in [0.717, 1.165) is 32.3 Å². The van der Waals surface area contributed by atoms with Gasteiger partial charge in [0, 0.05) is 6.61 Å². The zero-order valence-electron chi connectivity index (χ0n) is 10.3. The molecule has 1 aromatic rings. The van der Waals surface area contributed by atoms with Crippen molar-refractivity contribution >= 4 is 5.97 Å². The van der Waals surface area contributed by atoms with Crippen LogP contribution in [0.15, 0.2) is 24.3 Å². The minimum atomic E-state index is -0.931. The summed E-state index contributed by atoms with van der Waals surface area (Å²) >= 11 is 0. The fourth-order valence-corrected chi connectivity index (χ4v) is 2.09. The first-order valence-electron chi connectivity index (χ1n) is 6.33. The van der Waals surface area contributed by atoms with Gasteiger partial charge in [0.25, 0.3) is 0 Å². The molecule has 1 aromatic carbocycles. The summed E-state index contributed by atoms with van der Waals surface area (Å²) in [7, 11) is 0. The van der Waals surface area contributed by atoms with E-state index in [4.69, 9.17) is 14.6 Å². The molecule has 0 aliphatic carbocycles. The lowest BCUT2D eigenvalue weighted by Crippen LogP contribution is -2.07. The molecule has 2 rings (SSSR count). The van der Waals surface area contributed by atoms with Crippen LogP contribution in [0.4, 0.5) is 0 Å². The Labute approximate surface area is 107 Å². The number of aromatic carboxylic acids is 1. The largest absolute Gasteiger partial charge is 0.494 e. The molecule has 0 saturated carbocycles. The Morgan fingerprint density at radius 1 is 1.50 bits per heavy atom. The Morgan fingerprint density at radius 2 is 2.39 bits per heavy atom. The van der Waals surface area contributed by atoms with E-state index in [0.29, 0.717) is 18.5 Å². The molecule has 1 unspecified atom stereocenters. The molecular weight excluding hydrogens is 232 g/mol. The monoisotopic (exact) mass is 250 g/mol. The van der Waals surface area contributed by atoms with E-state index in [1.165, 1.54) is 0 Å². The van der Waals surface area contributed by atoms with Crippen LogP contribution in [0.5, 0.6) is 5.75 Å². The van der Waals surface area contributed by atoms with Gasteiger partial charge in [-0.25, -0.2) is 4.79 Å². The van der Waals surface area contributed by atoms with Crippen LogP contribution >= 0.6 is 0 Å². The summed E-state index contributed by atoms with van der Waals surface area (Å²) in [6, 6.07) is 6.58. The number of benzene rings is 1. The van der Waals surface area contributed by atoms with E-state index in [-0.39, 0.29) is 5.56 Å². The van der Waals surface area contributed by atoms with Crippen LogP contribution < -0.4 is 4.74 Å². The van der Waals surface area contributed by atoms with Crippen molar-refractivity contribution in [1.29, 1.82) is 0 Å². The Kier molecular flexibility index (Phi) is 4.59. The molecule has 1 fully saturated rings. The second kappa shape index (κ2) is 6.40. The predicted octanol–water partition coefficient (Wildman–Crippen LogP) is 2.72. The zero-order chi connectivity index (χ0) is 12.8. The highest BCUT2D eigenvalue weighted by atomic mass is 16.5. The Balaban J connectivity index is 1.72. The molecule has 0 spiro atoms. The average molecular weight is 250 g/mol. The molecule has 4 nitrogen and oxygen atoms in total. The molecule has 0 aromatic heterocycles. The Morgan fingerprint density at radius 3 is 3.11 bits per heavy atom. The van der Waals surface area contributed by atoms with Crippen LogP contribution in [-0.4, -0.2) is 30.4 Å². The Bertz CT molecular complexity index is 397. The van der Waals surface area contributed by atoms with Gasteiger partial charge in [-0.1, -0.05) is 6.07 Å². The minimum absolute atomic E-state index is 0.256. The van der Waals surface area contributed by atoms with Crippen molar-refractivity contribution in [2.45, 2.75) is 31.8 Å². The first-order valence-corrected chi connectivity index (χ1v) is 6.33. The van der Waals surface area contributed by atoms with Crippen molar-refractivity contribution in [3.63, 3.8) is 0 Å². The molecule has 1 saturated heterocycles. The quantitative estimate of drug-likeness (QED) is 0.789. The number of carboxylic acid groups (broad SMARTS) is 1. The molecule has 98 valence electrons. The van der Waals surface area contributed by atoms with Crippen LogP contribution in [-0.2, 0) is 4.74 Å². The van der Waals surface area contributed by atoms with Crippen LogP contribution in [0.3, 0.4) is 0 Å². The van der Waals surface area contributed by atoms with Gasteiger partial charge in [0.05, 0.1) is 18.3 Å². The highest BCUT2D eigenvalue weighted by molar-refractivity contribution is 5.87. The SMILES string of the molecule is O=C(O)c1cccc(OCCCC2CCCO2)c1. The van der Waals surface area contributed by atoms with Gasteiger partial charge in [-0.15, -0.1) is 0 Å². The second-order valence-corrected chi connectivity index (χ2v) is 4.46. The third kappa shape index (κ3) is 3.74. The van der Waals surface area contributed by atoms with Crippen LogP contribution in [0.1, 0.15) is 36.0 Å². The number of carboxylic acids is 1. The molecule has 4 heteroatoms. The summed E-state index contributed by atoms with van der Waals surface area (Å²) in [5.74, 6) is -0.318. The van der Waals surface area contributed by atoms with E-state index < -0.39 is 5.97 Å². The van der Waals surface area contributed by atoms with Gasteiger partial charge in [0.2, 0.25) is 0 Å². The van der Waals surface area contributed by atoms with Gasteiger partial charge in [-0.05, 0) is 43.9 Å². The summed E-state index contributed by atoms with van der Waals surface area (Å²) < 4.78 is 11.1. The summed E-state index contributed by atoms with van der Waals surface area (Å²) in [6.45, 7) is 1.48. The molecular formula is C14H18O4. The van der Waals surface area contributed by atoms with Gasteiger partial charge in [0.1, 0.15) is 5.75 Å². The molecule has 0 amide bonds. The lowest BCUT2D eigenvalue weighted by Gasteiger charge is -2.10. The molecule has 0 bridgehead atoms. The predicted molar refractivity (Wildman–Crippen MR) is 67.1 cm³/mol. The summed E-state index contributed by atoms with van der Waals surface area (Å²) in [5, 5.41) is 8.85. The first kappa shape index (κ1) is 12.9. The van der Waals surface area contributed by atoms with Crippen molar-refractivity contribution in [2.24, 2.45) is 0 Å². The van der Waals surface area contributed by atoms with E-state index in [1.807, 2.05) is 0 Å². The maximum atomic E-state index is 10.8. The lowest BCUT2D eigenvalue weighted by atomic mass is 10.1. The molecule has 1 aliphatic rings. The maximum Gasteiger partial charge on any atom is 0.335 e. The van der Waals surface area contributed by atoms with Crippen LogP contribution in [0.2, 0.25) is 0 Å². The van der Waals surface area contributed by atoms with Crippen LogP contribution in [0.25, 0.3) is 0 Å². The van der Waals surface area contributed by atoms with Gasteiger partial charge < -0.3 is 14.6 Å². The summed E-state index contributed by atoms with van der Waals surface area (Å²) in [6.07, 6.45) is 4.64. The van der Waals surface area contributed by atoms with Crippen molar-refractivity contribution < 1.29 is 19.4 Å². The molecule has 0 radical (unpaired) electrons. The van der Waals surface area contributed by atoms with Crippen molar-refractivity contribution in [3.05, 3.63) is 29.8 Å². The number of hydrogen-bond donors (Lipinski definition) is 1. The molecule has 18 heavy (non-hydrogen) atoms. The molecule has 1 N–H and O–H groups in total. The van der Waals surface area contributed by atoms with E-state index in [1.54, 1.807) is 24.3 Å². The molecule has 1 aliphatic heterocycles. The highest BCUT2D eigenvalue weighted by Crippen LogP contribution is 2.18. The number of ether oxygens (including phenoxy) is 2. The third-order valence-electron chi connectivity index (χ3n) is 3.04. The molecule has 1 atom stereocenters. The number of rotatable bonds is 6. The Hall–Kier alpha value is -1.55. The average Bonchev–Trinajstić information content (AvgIpc) is 2.88. The molecule has 1 heterocycles. The third-order valence-corrected chi connectivity index (χ3v) is 3.04. The van der Waals surface area contributed by atoms with Crippen molar-refractivity contribution in [1.82, 2.24) is 0 Å². The summed E-state index contributed by atoms with van der Waals surface area (Å²) in [5.41, 5.74) is 0.256. The van der Waals surface area contributed by atoms with E-state index in [2.05, 4.69) is 0 Å². The van der Waals surface area contributed by atoms with Crippen LogP contribution in [0, 0.1) is 0 Å². The van der Waals surface area contributed by atoms with Gasteiger partial charge in [-0.2, -0.15) is 0 Å². The lowest BCUT2D eigenvalue weighted by molar-refractivity contribution is 0.0696. The summed E-state index contributed by atoms with van der Waals surface area (Å²) in [4.78, 5) is 10.8. The standard InChI is InChI=1S/C14H18O4/c15-14(16)11-4-1-5-13(10-11)18-9-3-7-12-6-2-8-17-12/h1,4-5,10,12H,2-3,6-9H2,(H,15,16). The normalized spacial score (nSPS) is 18.8. The topological polar surface area (TPSA) is 55.8 Å². The van der Waals surface area contributed by atoms with Gasteiger partial charge in [0.15, 0.2) is 0 Å². The zero-order valence-corrected chi connectivity index (χ0v) is 10.3. The second-order valence-electron chi connectivity index (χ2n) is 4.46. The van der Waals surface area contributed by atoms with Crippen molar-refractivity contribution in [3.8, 4) is 5.75 Å². The maximum absolute atomic E-state index is 10.8. The van der Waals surface area contributed by atoms with E-state index >= 15 is 0 Å². The van der Waals surface area contributed by atoms with Crippen molar-refractivity contribution in [2.75, 3.05) is 13.2 Å². The highest BCUT2D eigenvalue weighted by Gasteiger charge is 2.14. The smallest absolute Gasteiger partial charge is 0.335 e.